The molecule has 0 saturated carbocycles. The minimum absolute atomic E-state index is 0.00890. The van der Waals surface area contributed by atoms with Gasteiger partial charge in [0, 0.05) is 12.7 Å². The molecule has 1 aliphatic heterocycles. The van der Waals surface area contributed by atoms with Crippen LogP contribution in [0.5, 0.6) is 5.75 Å². The second-order valence-corrected chi connectivity index (χ2v) is 6.77. The molecular formula is C19H23N3O5. The van der Waals surface area contributed by atoms with Gasteiger partial charge in [0.2, 0.25) is 0 Å². The Labute approximate surface area is 156 Å². The van der Waals surface area contributed by atoms with E-state index < -0.39 is 17.1 Å². The molecule has 1 aromatic carbocycles. The molecule has 1 atom stereocenters. The van der Waals surface area contributed by atoms with Crippen molar-refractivity contribution in [3.8, 4) is 5.75 Å². The number of carbonyl (C=O) groups excluding carboxylic acids is 1. The highest BCUT2D eigenvalue weighted by atomic mass is 16.5. The maximum Gasteiger partial charge on any atom is 0.263 e. The number of aromatic amines is 1. The Bertz CT molecular complexity index is 882. The van der Waals surface area contributed by atoms with Crippen LogP contribution in [-0.2, 0) is 4.74 Å². The minimum Gasteiger partial charge on any atom is -0.490 e. The van der Waals surface area contributed by atoms with Crippen molar-refractivity contribution in [3.05, 3.63) is 57.8 Å². The SMILES string of the molecule is Cc1ncc(C(=O)N2CCOC[C@@](O)(COc3ccccc3C)C2)c(=O)[nH]1. The van der Waals surface area contributed by atoms with Crippen LogP contribution in [0.15, 0.2) is 35.3 Å². The highest BCUT2D eigenvalue weighted by Crippen LogP contribution is 2.20. The van der Waals surface area contributed by atoms with Gasteiger partial charge in [-0.25, -0.2) is 4.98 Å². The summed E-state index contributed by atoms with van der Waals surface area (Å²) >= 11 is 0. The summed E-state index contributed by atoms with van der Waals surface area (Å²) in [6.45, 7) is 4.06. The van der Waals surface area contributed by atoms with Crippen molar-refractivity contribution in [2.45, 2.75) is 19.4 Å². The van der Waals surface area contributed by atoms with Gasteiger partial charge in [0.15, 0.2) is 0 Å². The molecule has 27 heavy (non-hydrogen) atoms. The van der Waals surface area contributed by atoms with Crippen molar-refractivity contribution in [2.24, 2.45) is 0 Å². The molecule has 1 aromatic heterocycles. The van der Waals surface area contributed by atoms with E-state index in [1.807, 2.05) is 31.2 Å². The molecule has 0 bridgehead atoms. The molecule has 1 saturated heterocycles. The van der Waals surface area contributed by atoms with Crippen LogP contribution in [0.3, 0.4) is 0 Å². The Morgan fingerprint density at radius 3 is 2.93 bits per heavy atom. The number of benzene rings is 1. The average molecular weight is 373 g/mol. The second kappa shape index (κ2) is 7.89. The number of hydrogen-bond donors (Lipinski definition) is 2. The lowest BCUT2D eigenvalue weighted by molar-refractivity contribution is -0.0622. The van der Waals surface area contributed by atoms with Crippen molar-refractivity contribution >= 4 is 5.91 Å². The predicted molar refractivity (Wildman–Crippen MR) is 97.9 cm³/mol. The van der Waals surface area contributed by atoms with Gasteiger partial charge < -0.3 is 24.5 Å². The Balaban J connectivity index is 1.75. The van der Waals surface area contributed by atoms with E-state index in [4.69, 9.17) is 9.47 Å². The van der Waals surface area contributed by atoms with E-state index in [2.05, 4.69) is 9.97 Å². The lowest BCUT2D eigenvalue weighted by Crippen LogP contribution is -2.51. The number of aromatic nitrogens is 2. The maximum atomic E-state index is 12.8. The molecule has 2 heterocycles. The van der Waals surface area contributed by atoms with Crippen molar-refractivity contribution in [2.75, 3.05) is 32.9 Å². The summed E-state index contributed by atoms with van der Waals surface area (Å²) in [5, 5.41) is 10.9. The molecule has 0 spiro atoms. The molecule has 2 aromatic rings. The number of amides is 1. The average Bonchev–Trinajstić information content (AvgIpc) is 2.83. The van der Waals surface area contributed by atoms with Crippen LogP contribution in [0.4, 0.5) is 0 Å². The van der Waals surface area contributed by atoms with E-state index >= 15 is 0 Å². The summed E-state index contributed by atoms with van der Waals surface area (Å²) in [6, 6.07) is 7.48. The fraction of sp³-hybridized carbons (Fsp3) is 0.421. The van der Waals surface area contributed by atoms with Gasteiger partial charge in [-0.1, -0.05) is 18.2 Å². The second-order valence-electron chi connectivity index (χ2n) is 6.77. The maximum absolute atomic E-state index is 12.8. The number of hydrogen-bond acceptors (Lipinski definition) is 6. The predicted octanol–water partition coefficient (Wildman–Crippen LogP) is 0.669. The first kappa shape index (κ1) is 19.1. The molecule has 1 aliphatic rings. The van der Waals surface area contributed by atoms with Crippen LogP contribution in [0, 0.1) is 13.8 Å². The molecule has 8 heteroatoms. The van der Waals surface area contributed by atoms with E-state index in [1.165, 1.54) is 11.1 Å². The van der Waals surface area contributed by atoms with Crippen LogP contribution in [0.25, 0.3) is 0 Å². The summed E-state index contributed by atoms with van der Waals surface area (Å²) in [6.07, 6.45) is 1.26. The van der Waals surface area contributed by atoms with Gasteiger partial charge in [-0.3, -0.25) is 9.59 Å². The van der Waals surface area contributed by atoms with Gasteiger partial charge in [-0.2, -0.15) is 0 Å². The first-order valence-electron chi connectivity index (χ1n) is 8.72. The van der Waals surface area contributed by atoms with Crippen LogP contribution < -0.4 is 10.3 Å². The van der Waals surface area contributed by atoms with Crippen molar-refractivity contribution in [1.82, 2.24) is 14.9 Å². The Morgan fingerprint density at radius 1 is 1.41 bits per heavy atom. The van der Waals surface area contributed by atoms with E-state index in [0.717, 1.165) is 5.56 Å². The zero-order valence-electron chi connectivity index (χ0n) is 15.4. The van der Waals surface area contributed by atoms with Crippen LogP contribution in [0.2, 0.25) is 0 Å². The van der Waals surface area contributed by atoms with Gasteiger partial charge in [-0.15, -0.1) is 0 Å². The van der Waals surface area contributed by atoms with Crippen LogP contribution >= 0.6 is 0 Å². The molecule has 0 aliphatic carbocycles. The zero-order chi connectivity index (χ0) is 19.4. The van der Waals surface area contributed by atoms with Crippen molar-refractivity contribution < 1.29 is 19.4 Å². The summed E-state index contributed by atoms with van der Waals surface area (Å²) < 4.78 is 11.2. The summed E-state index contributed by atoms with van der Waals surface area (Å²) in [5.74, 6) is 0.592. The molecule has 1 fully saturated rings. The Morgan fingerprint density at radius 2 is 2.19 bits per heavy atom. The largest absolute Gasteiger partial charge is 0.490 e. The molecule has 1 amide bonds. The van der Waals surface area contributed by atoms with Gasteiger partial charge in [-0.05, 0) is 25.5 Å². The number of ether oxygens (including phenoxy) is 2. The number of rotatable bonds is 4. The Kier molecular flexibility index (Phi) is 5.57. The Hall–Kier alpha value is -2.71. The normalized spacial score (nSPS) is 20.2. The monoisotopic (exact) mass is 373 g/mol. The lowest BCUT2D eigenvalue weighted by Gasteiger charge is -2.30. The highest BCUT2D eigenvalue weighted by Gasteiger charge is 2.36. The number of para-hydroxylation sites is 1. The van der Waals surface area contributed by atoms with E-state index in [9.17, 15) is 14.7 Å². The zero-order valence-corrected chi connectivity index (χ0v) is 15.4. The van der Waals surface area contributed by atoms with Crippen molar-refractivity contribution in [1.29, 1.82) is 0 Å². The molecule has 0 radical (unpaired) electrons. The number of carbonyl (C=O) groups is 1. The molecule has 8 nitrogen and oxygen atoms in total. The number of H-pyrrole nitrogens is 1. The van der Waals surface area contributed by atoms with E-state index in [0.29, 0.717) is 11.6 Å². The van der Waals surface area contributed by atoms with Gasteiger partial charge in [0.25, 0.3) is 11.5 Å². The molecule has 2 N–H and O–H groups in total. The number of nitrogens with one attached hydrogen (secondary N) is 1. The third kappa shape index (κ3) is 4.53. The number of β-amino-alcohol motifs (C(OH)–C–C–N with tert-alkyl or cyclic N) is 1. The first-order valence-corrected chi connectivity index (χ1v) is 8.72. The quantitative estimate of drug-likeness (QED) is 0.816. The van der Waals surface area contributed by atoms with E-state index in [-0.39, 0.29) is 38.5 Å². The first-order chi connectivity index (χ1) is 12.9. The molecule has 3 rings (SSSR count). The minimum atomic E-state index is -1.39. The highest BCUT2D eigenvalue weighted by molar-refractivity contribution is 5.93. The molecule has 0 unspecified atom stereocenters. The number of nitrogens with zero attached hydrogens (tertiary/aromatic N) is 2. The smallest absolute Gasteiger partial charge is 0.263 e. The van der Waals surface area contributed by atoms with Gasteiger partial charge in [0.1, 0.15) is 29.3 Å². The molecule has 144 valence electrons. The van der Waals surface area contributed by atoms with Crippen molar-refractivity contribution in [3.63, 3.8) is 0 Å². The summed E-state index contributed by atoms with van der Waals surface area (Å²) in [7, 11) is 0. The lowest BCUT2D eigenvalue weighted by atomic mass is 10.1. The third-order valence-electron chi connectivity index (χ3n) is 4.40. The third-order valence-corrected chi connectivity index (χ3v) is 4.40. The number of aliphatic hydroxyl groups is 1. The van der Waals surface area contributed by atoms with Gasteiger partial charge >= 0.3 is 0 Å². The number of aryl methyl sites for hydroxylation is 2. The van der Waals surface area contributed by atoms with E-state index in [1.54, 1.807) is 6.92 Å². The molecular weight excluding hydrogens is 350 g/mol. The topological polar surface area (TPSA) is 105 Å². The summed E-state index contributed by atoms with van der Waals surface area (Å²) in [5.41, 5.74) is -1.01. The standard InChI is InChI=1S/C19H23N3O5/c1-13-5-3-4-6-16(13)27-12-19(25)10-22(7-8-26-11-19)18(24)15-9-20-14(2)21-17(15)23/h3-6,9,25H,7-8,10-12H2,1-2H3,(H,20,21,23)/t19-/m1/s1. The van der Waals surface area contributed by atoms with Crippen LogP contribution in [-0.4, -0.2) is 64.4 Å². The fourth-order valence-corrected chi connectivity index (χ4v) is 2.91. The van der Waals surface area contributed by atoms with Gasteiger partial charge in [0.05, 0.1) is 19.8 Å². The fourth-order valence-electron chi connectivity index (χ4n) is 2.91. The van der Waals surface area contributed by atoms with Crippen LogP contribution in [0.1, 0.15) is 21.7 Å². The summed E-state index contributed by atoms with van der Waals surface area (Å²) in [4.78, 5) is 32.7.